The summed E-state index contributed by atoms with van der Waals surface area (Å²) >= 11 is 0. The van der Waals surface area contributed by atoms with Crippen LogP contribution in [0.5, 0.6) is 0 Å². The summed E-state index contributed by atoms with van der Waals surface area (Å²) < 4.78 is 0. The van der Waals surface area contributed by atoms with E-state index in [-0.39, 0.29) is 5.54 Å². The molecule has 1 heterocycles. The maximum Gasteiger partial charge on any atom is 0.0409 e. The Labute approximate surface area is 117 Å². The quantitative estimate of drug-likeness (QED) is 0.882. The van der Waals surface area contributed by atoms with Crippen molar-refractivity contribution in [2.24, 2.45) is 5.73 Å². The number of rotatable bonds is 2. The van der Waals surface area contributed by atoms with E-state index in [0.717, 1.165) is 18.8 Å². The molecule has 1 aromatic carbocycles. The van der Waals surface area contributed by atoms with E-state index in [9.17, 15) is 0 Å². The van der Waals surface area contributed by atoms with Crippen molar-refractivity contribution in [2.45, 2.75) is 50.0 Å². The van der Waals surface area contributed by atoms with Crippen molar-refractivity contribution in [1.29, 1.82) is 0 Å². The monoisotopic (exact) mass is 258 g/mol. The Morgan fingerprint density at radius 3 is 2.21 bits per heavy atom. The van der Waals surface area contributed by atoms with Crippen molar-refractivity contribution in [1.82, 2.24) is 4.90 Å². The maximum atomic E-state index is 6.52. The van der Waals surface area contributed by atoms with Crippen LogP contribution in [0.2, 0.25) is 0 Å². The normalized spacial score (nSPS) is 24.7. The van der Waals surface area contributed by atoms with Gasteiger partial charge < -0.3 is 10.6 Å². The van der Waals surface area contributed by atoms with Gasteiger partial charge in [0.2, 0.25) is 0 Å². The topological polar surface area (TPSA) is 29.3 Å². The van der Waals surface area contributed by atoms with Crippen molar-refractivity contribution >= 4 is 0 Å². The lowest BCUT2D eigenvalue weighted by molar-refractivity contribution is 0.255. The van der Waals surface area contributed by atoms with Crippen LogP contribution in [-0.2, 0) is 5.54 Å². The molecule has 0 unspecified atom stereocenters. The summed E-state index contributed by atoms with van der Waals surface area (Å²) in [4.78, 5) is 2.43. The highest BCUT2D eigenvalue weighted by Crippen LogP contribution is 2.37. The molecule has 2 nitrogen and oxygen atoms in total. The lowest BCUT2D eigenvalue weighted by Gasteiger charge is -2.30. The van der Waals surface area contributed by atoms with Gasteiger partial charge in [-0.1, -0.05) is 37.1 Å². The van der Waals surface area contributed by atoms with E-state index in [1.807, 2.05) is 0 Å². The highest BCUT2D eigenvalue weighted by molar-refractivity contribution is 5.31. The lowest BCUT2D eigenvalue weighted by atomic mass is 9.85. The highest BCUT2D eigenvalue weighted by Gasteiger charge is 2.31. The molecule has 1 aromatic rings. The van der Waals surface area contributed by atoms with Crippen LogP contribution < -0.4 is 5.73 Å². The molecule has 19 heavy (non-hydrogen) atoms. The van der Waals surface area contributed by atoms with Gasteiger partial charge in [-0.2, -0.15) is 0 Å². The number of piperidine rings is 1. The summed E-state index contributed by atoms with van der Waals surface area (Å²) in [5.41, 5.74) is 9.35. The molecule has 2 heteroatoms. The maximum absolute atomic E-state index is 6.52. The van der Waals surface area contributed by atoms with Crippen LogP contribution in [0.25, 0.3) is 0 Å². The van der Waals surface area contributed by atoms with E-state index in [2.05, 4.69) is 36.2 Å². The zero-order chi connectivity index (χ0) is 13.3. The molecule has 0 aromatic heterocycles. The number of hydrogen-bond donors (Lipinski definition) is 1. The summed E-state index contributed by atoms with van der Waals surface area (Å²) in [6, 6.07) is 9.24. The van der Waals surface area contributed by atoms with Gasteiger partial charge in [-0.25, -0.2) is 0 Å². The molecule has 0 radical (unpaired) electrons. The Morgan fingerprint density at radius 2 is 1.63 bits per heavy atom. The number of nitrogens with two attached hydrogens (primary N) is 1. The minimum absolute atomic E-state index is 0.0364. The molecule has 0 atom stereocenters. The van der Waals surface area contributed by atoms with Gasteiger partial charge in [-0.05, 0) is 62.9 Å². The van der Waals surface area contributed by atoms with E-state index >= 15 is 0 Å². The summed E-state index contributed by atoms with van der Waals surface area (Å²) in [5.74, 6) is 0.752. The summed E-state index contributed by atoms with van der Waals surface area (Å²) in [7, 11) is 2.22. The highest BCUT2D eigenvalue weighted by atomic mass is 15.1. The largest absolute Gasteiger partial charge is 0.321 e. The van der Waals surface area contributed by atoms with E-state index in [4.69, 9.17) is 5.73 Å². The van der Waals surface area contributed by atoms with Crippen LogP contribution in [0.3, 0.4) is 0 Å². The van der Waals surface area contributed by atoms with Gasteiger partial charge in [0.15, 0.2) is 0 Å². The van der Waals surface area contributed by atoms with Crippen molar-refractivity contribution in [3.05, 3.63) is 35.4 Å². The molecule has 1 aliphatic carbocycles. The lowest BCUT2D eigenvalue weighted by Crippen LogP contribution is -2.33. The zero-order valence-corrected chi connectivity index (χ0v) is 12.1. The molecule has 0 bridgehead atoms. The predicted molar refractivity (Wildman–Crippen MR) is 80.2 cm³/mol. The fourth-order valence-corrected chi connectivity index (χ4v) is 3.72. The summed E-state index contributed by atoms with van der Waals surface area (Å²) in [5, 5.41) is 0. The molecule has 3 rings (SSSR count). The molecule has 2 N–H and O–H groups in total. The van der Waals surface area contributed by atoms with E-state index in [1.54, 1.807) is 0 Å². The molecular formula is C17H26N2. The average molecular weight is 258 g/mol. The molecule has 0 spiro atoms. The number of benzene rings is 1. The Kier molecular flexibility index (Phi) is 3.64. The zero-order valence-electron chi connectivity index (χ0n) is 12.1. The van der Waals surface area contributed by atoms with Crippen LogP contribution in [0, 0.1) is 0 Å². The first kappa shape index (κ1) is 13.1. The Balaban J connectivity index is 1.72. The molecule has 104 valence electrons. The van der Waals surface area contributed by atoms with Crippen molar-refractivity contribution in [2.75, 3.05) is 20.1 Å². The third-order valence-corrected chi connectivity index (χ3v) is 5.17. The molecule has 2 fully saturated rings. The van der Waals surface area contributed by atoms with Gasteiger partial charge >= 0.3 is 0 Å². The van der Waals surface area contributed by atoms with Crippen LogP contribution in [0.1, 0.15) is 55.6 Å². The molecule has 1 saturated heterocycles. The minimum Gasteiger partial charge on any atom is -0.321 e. The van der Waals surface area contributed by atoms with E-state index in [0.29, 0.717) is 0 Å². The third-order valence-electron chi connectivity index (χ3n) is 5.17. The average Bonchev–Trinajstić information content (AvgIpc) is 2.88. The molecule has 1 saturated carbocycles. The van der Waals surface area contributed by atoms with Crippen LogP contribution in [-0.4, -0.2) is 25.0 Å². The minimum atomic E-state index is -0.0364. The molecule has 1 aliphatic heterocycles. The number of hydrogen-bond acceptors (Lipinski definition) is 2. The van der Waals surface area contributed by atoms with Gasteiger partial charge in [-0.15, -0.1) is 0 Å². The predicted octanol–water partition coefficient (Wildman–Crippen LogP) is 3.22. The Bertz CT molecular complexity index is 409. The second kappa shape index (κ2) is 5.26. The van der Waals surface area contributed by atoms with Gasteiger partial charge in [0.1, 0.15) is 0 Å². The Morgan fingerprint density at radius 1 is 1.05 bits per heavy atom. The standard InChI is InChI=1S/C17H26N2/c1-19-12-8-15(9-13-19)14-4-6-16(7-5-14)17(18)10-2-3-11-17/h4-7,15H,2-3,8-13,18H2,1H3. The van der Waals surface area contributed by atoms with Gasteiger partial charge in [-0.3, -0.25) is 0 Å². The van der Waals surface area contributed by atoms with Crippen molar-refractivity contribution < 1.29 is 0 Å². The first-order valence-corrected chi connectivity index (χ1v) is 7.75. The molecule has 2 aliphatic rings. The third kappa shape index (κ3) is 2.70. The van der Waals surface area contributed by atoms with Crippen LogP contribution >= 0.6 is 0 Å². The van der Waals surface area contributed by atoms with Crippen molar-refractivity contribution in [3.8, 4) is 0 Å². The van der Waals surface area contributed by atoms with Crippen LogP contribution in [0.15, 0.2) is 24.3 Å². The second-order valence-electron chi connectivity index (χ2n) is 6.56. The number of nitrogens with zero attached hydrogens (tertiary/aromatic N) is 1. The first-order valence-electron chi connectivity index (χ1n) is 7.75. The van der Waals surface area contributed by atoms with Crippen molar-refractivity contribution in [3.63, 3.8) is 0 Å². The summed E-state index contributed by atoms with van der Waals surface area (Å²) in [6.45, 7) is 2.46. The van der Waals surface area contributed by atoms with Gasteiger partial charge in [0, 0.05) is 5.54 Å². The fraction of sp³-hybridized carbons (Fsp3) is 0.647. The van der Waals surface area contributed by atoms with Gasteiger partial charge in [0.25, 0.3) is 0 Å². The Hall–Kier alpha value is -0.860. The smallest absolute Gasteiger partial charge is 0.0409 e. The SMILES string of the molecule is CN1CCC(c2ccc(C3(N)CCCC3)cc2)CC1. The van der Waals surface area contributed by atoms with E-state index in [1.165, 1.54) is 49.9 Å². The van der Waals surface area contributed by atoms with E-state index < -0.39 is 0 Å². The van der Waals surface area contributed by atoms with Gasteiger partial charge in [0.05, 0.1) is 0 Å². The molecular weight excluding hydrogens is 232 g/mol. The summed E-state index contributed by atoms with van der Waals surface area (Å²) in [6.07, 6.45) is 7.47. The number of likely N-dealkylation sites (tertiary alicyclic amines) is 1. The van der Waals surface area contributed by atoms with Crippen LogP contribution in [0.4, 0.5) is 0 Å². The molecule has 0 amide bonds. The first-order chi connectivity index (χ1) is 9.17. The fourth-order valence-electron chi connectivity index (χ4n) is 3.72. The second-order valence-corrected chi connectivity index (χ2v) is 6.56.